The second-order valence-electron chi connectivity index (χ2n) is 5.75. The number of carbonyl (C=O) groups is 1. The predicted molar refractivity (Wildman–Crippen MR) is 93.2 cm³/mol. The first kappa shape index (κ1) is 17.5. The van der Waals surface area contributed by atoms with Crippen molar-refractivity contribution in [2.45, 2.75) is 13.0 Å². The van der Waals surface area contributed by atoms with Crippen LogP contribution in [-0.4, -0.2) is 16.0 Å². The van der Waals surface area contributed by atoms with Gasteiger partial charge in [-0.2, -0.15) is 0 Å². The highest BCUT2D eigenvalue weighted by Crippen LogP contribution is 2.25. The minimum Gasteiger partial charge on any atom is -0.508 e. The van der Waals surface area contributed by atoms with Gasteiger partial charge in [0.05, 0.1) is 6.42 Å². The van der Waals surface area contributed by atoms with Crippen LogP contribution in [0.3, 0.4) is 0 Å². The molecule has 1 amide bonds. The molecule has 2 N–H and O–H groups in total. The molecule has 0 bridgehead atoms. The summed E-state index contributed by atoms with van der Waals surface area (Å²) in [6, 6.07) is 13.4. The molecule has 4 nitrogen and oxygen atoms in total. The fourth-order valence-corrected chi connectivity index (χ4v) is 2.49. The summed E-state index contributed by atoms with van der Waals surface area (Å²) in [6.07, 6.45) is 1.50. The van der Waals surface area contributed by atoms with Crippen LogP contribution in [0.4, 0.5) is 8.78 Å². The Hall–Kier alpha value is -3.28. The van der Waals surface area contributed by atoms with Crippen LogP contribution in [-0.2, 0) is 17.8 Å². The van der Waals surface area contributed by atoms with Gasteiger partial charge in [0.15, 0.2) is 0 Å². The van der Waals surface area contributed by atoms with Crippen molar-refractivity contribution in [1.29, 1.82) is 0 Å². The molecule has 0 spiro atoms. The third kappa shape index (κ3) is 4.22. The first-order valence-electron chi connectivity index (χ1n) is 7.97. The number of phenols is 1. The number of hydrogen-bond acceptors (Lipinski definition) is 3. The Kier molecular flexibility index (Phi) is 5.22. The molecule has 132 valence electrons. The summed E-state index contributed by atoms with van der Waals surface area (Å²) in [6.45, 7) is 0.0995. The first-order valence-corrected chi connectivity index (χ1v) is 7.97. The molecule has 0 aliphatic heterocycles. The molecular formula is C20H16F2N2O2. The van der Waals surface area contributed by atoms with E-state index >= 15 is 0 Å². The maximum absolute atomic E-state index is 13.9. The van der Waals surface area contributed by atoms with E-state index in [-0.39, 0.29) is 30.4 Å². The number of amides is 1. The zero-order chi connectivity index (χ0) is 18.5. The van der Waals surface area contributed by atoms with Crippen LogP contribution in [0.5, 0.6) is 5.75 Å². The number of aromatic hydroxyl groups is 1. The molecule has 0 atom stereocenters. The van der Waals surface area contributed by atoms with Gasteiger partial charge in [0, 0.05) is 41.2 Å². The summed E-state index contributed by atoms with van der Waals surface area (Å²) >= 11 is 0. The average Bonchev–Trinajstić information content (AvgIpc) is 2.62. The number of hydrogen-bond donors (Lipinski definition) is 2. The molecule has 2 aromatic carbocycles. The summed E-state index contributed by atoms with van der Waals surface area (Å²) in [5.74, 6) is -1.36. The van der Waals surface area contributed by atoms with E-state index in [1.807, 2.05) is 0 Å². The van der Waals surface area contributed by atoms with Gasteiger partial charge in [-0.05, 0) is 24.3 Å². The maximum atomic E-state index is 13.9. The number of phenolic OH excluding ortho intramolecular Hbond substituents is 1. The van der Waals surface area contributed by atoms with Gasteiger partial charge >= 0.3 is 0 Å². The monoisotopic (exact) mass is 354 g/mol. The van der Waals surface area contributed by atoms with E-state index in [1.165, 1.54) is 24.4 Å². The molecule has 0 unspecified atom stereocenters. The molecule has 0 aliphatic rings. The lowest BCUT2D eigenvalue weighted by molar-refractivity contribution is -0.120. The summed E-state index contributed by atoms with van der Waals surface area (Å²) < 4.78 is 27.4. The topological polar surface area (TPSA) is 62.2 Å². The molecule has 0 aliphatic carbocycles. The quantitative estimate of drug-likeness (QED) is 0.736. The normalized spacial score (nSPS) is 10.5. The molecule has 1 aromatic heterocycles. The van der Waals surface area contributed by atoms with Gasteiger partial charge in [0.2, 0.25) is 5.91 Å². The molecule has 1 heterocycles. The highest BCUT2D eigenvalue weighted by molar-refractivity contribution is 5.78. The zero-order valence-corrected chi connectivity index (χ0v) is 13.7. The molecule has 0 saturated heterocycles. The standard InChI is InChI=1S/C20H16F2N2O2/c21-18-4-2-1-3-14(18)12-24-20(26)9-15-6-5-13(11-23-15)17-8-7-16(25)10-19(17)22/h1-8,10-11,25H,9,12H2,(H,24,26). The van der Waals surface area contributed by atoms with E-state index in [4.69, 9.17) is 0 Å². The van der Waals surface area contributed by atoms with E-state index in [0.717, 1.165) is 6.07 Å². The summed E-state index contributed by atoms with van der Waals surface area (Å²) in [4.78, 5) is 16.1. The van der Waals surface area contributed by atoms with Crippen molar-refractivity contribution < 1.29 is 18.7 Å². The van der Waals surface area contributed by atoms with E-state index in [9.17, 15) is 18.7 Å². The Bertz CT molecular complexity index is 927. The van der Waals surface area contributed by atoms with Crippen LogP contribution in [0, 0.1) is 11.6 Å². The molecule has 26 heavy (non-hydrogen) atoms. The smallest absolute Gasteiger partial charge is 0.226 e. The Morgan fingerprint density at radius 3 is 2.54 bits per heavy atom. The van der Waals surface area contributed by atoms with Crippen molar-refractivity contribution in [3.63, 3.8) is 0 Å². The third-order valence-electron chi connectivity index (χ3n) is 3.86. The lowest BCUT2D eigenvalue weighted by atomic mass is 10.1. The number of rotatable bonds is 5. The van der Waals surface area contributed by atoms with E-state index in [2.05, 4.69) is 10.3 Å². The first-order chi connectivity index (χ1) is 12.5. The van der Waals surface area contributed by atoms with Crippen LogP contribution in [0.15, 0.2) is 60.8 Å². The number of pyridine rings is 1. The van der Waals surface area contributed by atoms with Gasteiger partial charge in [-0.25, -0.2) is 8.78 Å². The number of halogens is 2. The van der Waals surface area contributed by atoms with Crippen molar-refractivity contribution in [3.8, 4) is 16.9 Å². The van der Waals surface area contributed by atoms with Gasteiger partial charge < -0.3 is 10.4 Å². The Morgan fingerprint density at radius 2 is 1.85 bits per heavy atom. The fraction of sp³-hybridized carbons (Fsp3) is 0.100. The van der Waals surface area contributed by atoms with Gasteiger partial charge in [-0.3, -0.25) is 9.78 Å². The third-order valence-corrected chi connectivity index (χ3v) is 3.86. The fourth-order valence-electron chi connectivity index (χ4n) is 2.49. The average molecular weight is 354 g/mol. The highest BCUT2D eigenvalue weighted by atomic mass is 19.1. The SMILES string of the molecule is O=C(Cc1ccc(-c2ccc(O)cc2F)cn1)NCc1ccccc1F. The van der Waals surface area contributed by atoms with Crippen LogP contribution in [0.25, 0.3) is 11.1 Å². The molecule has 3 rings (SSSR count). The lowest BCUT2D eigenvalue weighted by Gasteiger charge is -2.07. The van der Waals surface area contributed by atoms with Crippen molar-refractivity contribution >= 4 is 5.91 Å². The minimum absolute atomic E-state index is 0.0345. The minimum atomic E-state index is -0.554. The molecule has 0 saturated carbocycles. The number of carbonyl (C=O) groups excluding carboxylic acids is 1. The van der Waals surface area contributed by atoms with Crippen LogP contribution in [0.1, 0.15) is 11.3 Å². The maximum Gasteiger partial charge on any atom is 0.226 e. The zero-order valence-electron chi connectivity index (χ0n) is 13.7. The Labute approximate surface area is 149 Å². The van der Waals surface area contributed by atoms with Crippen LogP contribution >= 0.6 is 0 Å². The molecular weight excluding hydrogens is 338 g/mol. The molecule has 3 aromatic rings. The summed E-state index contributed by atoms with van der Waals surface area (Å²) in [5, 5.41) is 11.9. The molecule has 0 fully saturated rings. The number of aromatic nitrogens is 1. The Balaban J connectivity index is 1.62. The second kappa shape index (κ2) is 7.74. The summed E-state index contributed by atoms with van der Waals surface area (Å²) in [5.41, 5.74) is 1.77. The largest absolute Gasteiger partial charge is 0.508 e. The highest BCUT2D eigenvalue weighted by Gasteiger charge is 2.09. The van der Waals surface area contributed by atoms with E-state index < -0.39 is 5.82 Å². The van der Waals surface area contributed by atoms with Gasteiger partial charge in [0.1, 0.15) is 17.4 Å². The summed E-state index contributed by atoms with van der Waals surface area (Å²) in [7, 11) is 0. The van der Waals surface area contributed by atoms with Crippen LogP contribution in [0.2, 0.25) is 0 Å². The van der Waals surface area contributed by atoms with Crippen molar-refractivity contribution in [1.82, 2.24) is 10.3 Å². The van der Waals surface area contributed by atoms with Gasteiger partial charge in [-0.15, -0.1) is 0 Å². The number of benzene rings is 2. The molecule has 6 heteroatoms. The second-order valence-corrected chi connectivity index (χ2v) is 5.75. The number of nitrogens with one attached hydrogen (secondary N) is 1. The van der Waals surface area contributed by atoms with Gasteiger partial charge in [-0.1, -0.05) is 24.3 Å². The lowest BCUT2D eigenvalue weighted by Crippen LogP contribution is -2.25. The van der Waals surface area contributed by atoms with Crippen LogP contribution < -0.4 is 5.32 Å². The van der Waals surface area contributed by atoms with E-state index in [0.29, 0.717) is 22.4 Å². The van der Waals surface area contributed by atoms with Crippen molar-refractivity contribution in [2.24, 2.45) is 0 Å². The number of nitrogens with zero attached hydrogens (tertiary/aromatic N) is 1. The van der Waals surface area contributed by atoms with E-state index in [1.54, 1.807) is 30.3 Å². The molecule has 0 radical (unpaired) electrons. The van der Waals surface area contributed by atoms with Crippen molar-refractivity contribution in [2.75, 3.05) is 0 Å². The Morgan fingerprint density at radius 1 is 1.04 bits per heavy atom. The predicted octanol–water partition coefficient (Wildman–Crippen LogP) is 3.59. The van der Waals surface area contributed by atoms with Gasteiger partial charge in [0.25, 0.3) is 0 Å². The van der Waals surface area contributed by atoms with Crippen molar-refractivity contribution in [3.05, 3.63) is 83.7 Å².